The lowest BCUT2D eigenvalue weighted by Crippen LogP contribution is -2.18. The van der Waals surface area contributed by atoms with Gasteiger partial charge < -0.3 is 10.0 Å². The summed E-state index contributed by atoms with van der Waals surface area (Å²) in [6.45, 7) is 2.76. The summed E-state index contributed by atoms with van der Waals surface area (Å²) in [6, 6.07) is 8.37. The normalized spacial score (nSPS) is 10.4. The van der Waals surface area contributed by atoms with Crippen molar-refractivity contribution >= 4 is 5.82 Å². The van der Waals surface area contributed by atoms with Crippen molar-refractivity contribution in [2.45, 2.75) is 20.1 Å². The minimum Gasteiger partial charge on any atom is -0.390 e. The van der Waals surface area contributed by atoms with E-state index in [-0.39, 0.29) is 6.61 Å². The van der Waals surface area contributed by atoms with Crippen LogP contribution in [0.15, 0.2) is 36.7 Å². The Morgan fingerprint density at radius 1 is 1.28 bits per heavy atom. The highest BCUT2D eigenvalue weighted by atomic mass is 16.3. The van der Waals surface area contributed by atoms with Gasteiger partial charge in [-0.05, 0) is 12.5 Å². The SMILES string of the molecule is Cc1cccc(CN(C)c2cncc(CO)n2)c1. The van der Waals surface area contributed by atoms with E-state index in [1.807, 2.05) is 18.0 Å². The molecular weight excluding hydrogens is 226 g/mol. The molecule has 2 aromatic rings. The molecule has 1 heterocycles. The summed E-state index contributed by atoms with van der Waals surface area (Å²) in [7, 11) is 1.97. The summed E-state index contributed by atoms with van der Waals surface area (Å²) in [5.41, 5.74) is 3.06. The van der Waals surface area contributed by atoms with Crippen molar-refractivity contribution in [3.8, 4) is 0 Å². The number of nitrogens with zero attached hydrogens (tertiary/aromatic N) is 3. The van der Waals surface area contributed by atoms with Crippen molar-refractivity contribution in [3.63, 3.8) is 0 Å². The maximum atomic E-state index is 9.05. The lowest BCUT2D eigenvalue weighted by molar-refractivity contribution is 0.276. The molecule has 0 aliphatic carbocycles. The summed E-state index contributed by atoms with van der Waals surface area (Å²) in [4.78, 5) is 10.4. The van der Waals surface area contributed by atoms with Gasteiger partial charge in [-0.3, -0.25) is 4.98 Å². The first-order valence-corrected chi connectivity index (χ1v) is 5.87. The maximum Gasteiger partial charge on any atom is 0.147 e. The molecule has 1 aromatic carbocycles. The summed E-state index contributed by atoms with van der Waals surface area (Å²) in [6.07, 6.45) is 3.28. The fourth-order valence-corrected chi connectivity index (χ4v) is 1.82. The first-order valence-electron chi connectivity index (χ1n) is 5.87. The van der Waals surface area contributed by atoms with E-state index in [0.29, 0.717) is 5.69 Å². The van der Waals surface area contributed by atoms with Crippen LogP contribution in [0.3, 0.4) is 0 Å². The summed E-state index contributed by atoms with van der Waals surface area (Å²) in [5.74, 6) is 0.767. The monoisotopic (exact) mass is 243 g/mol. The highest BCUT2D eigenvalue weighted by Gasteiger charge is 2.05. The van der Waals surface area contributed by atoms with Gasteiger partial charge in [0, 0.05) is 13.6 Å². The van der Waals surface area contributed by atoms with Crippen LogP contribution in [-0.4, -0.2) is 22.1 Å². The third kappa shape index (κ3) is 3.05. The van der Waals surface area contributed by atoms with Crippen molar-refractivity contribution in [2.75, 3.05) is 11.9 Å². The Morgan fingerprint density at radius 3 is 2.83 bits per heavy atom. The van der Waals surface area contributed by atoms with E-state index in [2.05, 4.69) is 35.1 Å². The molecule has 0 fully saturated rings. The molecule has 18 heavy (non-hydrogen) atoms. The average molecular weight is 243 g/mol. The second kappa shape index (κ2) is 5.60. The molecule has 2 rings (SSSR count). The molecular formula is C14H17N3O. The van der Waals surface area contributed by atoms with Gasteiger partial charge in [0.1, 0.15) is 5.82 Å². The predicted octanol–water partition coefficient (Wildman–Crippen LogP) is 1.91. The number of aromatic nitrogens is 2. The zero-order valence-electron chi connectivity index (χ0n) is 10.7. The molecule has 0 saturated heterocycles. The lowest BCUT2D eigenvalue weighted by Gasteiger charge is -2.18. The lowest BCUT2D eigenvalue weighted by atomic mass is 10.1. The quantitative estimate of drug-likeness (QED) is 0.891. The Labute approximate surface area is 107 Å². The average Bonchev–Trinajstić information content (AvgIpc) is 2.39. The number of hydrogen-bond acceptors (Lipinski definition) is 4. The van der Waals surface area contributed by atoms with Crippen molar-refractivity contribution in [3.05, 3.63) is 53.5 Å². The highest BCUT2D eigenvalue weighted by Crippen LogP contribution is 2.13. The number of benzene rings is 1. The van der Waals surface area contributed by atoms with Crippen molar-refractivity contribution in [2.24, 2.45) is 0 Å². The van der Waals surface area contributed by atoms with E-state index < -0.39 is 0 Å². The molecule has 0 aliphatic rings. The fourth-order valence-electron chi connectivity index (χ4n) is 1.82. The predicted molar refractivity (Wildman–Crippen MR) is 71.2 cm³/mol. The summed E-state index contributed by atoms with van der Waals surface area (Å²) in [5, 5.41) is 9.05. The highest BCUT2D eigenvalue weighted by molar-refractivity contribution is 5.37. The number of aryl methyl sites for hydroxylation is 1. The first kappa shape index (κ1) is 12.5. The Bertz CT molecular complexity index is 528. The van der Waals surface area contributed by atoms with E-state index in [0.717, 1.165) is 12.4 Å². The number of aliphatic hydroxyl groups excluding tert-OH is 1. The zero-order valence-corrected chi connectivity index (χ0v) is 10.7. The third-order valence-electron chi connectivity index (χ3n) is 2.73. The molecule has 0 spiro atoms. The van der Waals surface area contributed by atoms with Crippen LogP contribution in [0, 0.1) is 6.92 Å². The Morgan fingerprint density at radius 2 is 2.11 bits per heavy atom. The minimum atomic E-state index is -0.0842. The van der Waals surface area contributed by atoms with Crippen LogP contribution in [0.1, 0.15) is 16.8 Å². The molecule has 0 radical (unpaired) electrons. The van der Waals surface area contributed by atoms with E-state index in [1.54, 1.807) is 12.4 Å². The molecule has 0 aliphatic heterocycles. The van der Waals surface area contributed by atoms with Gasteiger partial charge in [-0.2, -0.15) is 0 Å². The minimum absolute atomic E-state index is 0.0842. The van der Waals surface area contributed by atoms with Crippen LogP contribution in [-0.2, 0) is 13.2 Å². The molecule has 1 N–H and O–H groups in total. The van der Waals surface area contributed by atoms with Gasteiger partial charge in [0.2, 0.25) is 0 Å². The Balaban J connectivity index is 2.13. The van der Waals surface area contributed by atoms with Gasteiger partial charge in [0.25, 0.3) is 0 Å². The summed E-state index contributed by atoms with van der Waals surface area (Å²) >= 11 is 0. The maximum absolute atomic E-state index is 9.05. The molecule has 0 atom stereocenters. The van der Waals surface area contributed by atoms with Gasteiger partial charge in [-0.25, -0.2) is 4.98 Å². The molecule has 0 unspecified atom stereocenters. The number of anilines is 1. The zero-order chi connectivity index (χ0) is 13.0. The number of hydrogen-bond donors (Lipinski definition) is 1. The fraction of sp³-hybridized carbons (Fsp3) is 0.286. The molecule has 4 heteroatoms. The molecule has 1 aromatic heterocycles. The van der Waals surface area contributed by atoms with Crippen LogP contribution < -0.4 is 4.90 Å². The second-order valence-corrected chi connectivity index (χ2v) is 4.37. The Hall–Kier alpha value is -1.94. The van der Waals surface area contributed by atoms with Crippen molar-refractivity contribution < 1.29 is 5.11 Å². The van der Waals surface area contributed by atoms with E-state index in [4.69, 9.17) is 5.11 Å². The largest absolute Gasteiger partial charge is 0.390 e. The van der Waals surface area contributed by atoms with Gasteiger partial charge in [0.05, 0.1) is 24.7 Å². The number of rotatable bonds is 4. The van der Waals surface area contributed by atoms with Crippen LogP contribution in [0.4, 0.5) is 5.82 Å². The first-order chi connectivity index (χ1) is 8.69. The van der Waals surface area contributed by atoms with Crippen LogP contribution in [0.5, 0.6) is 0 Å². The van der Waals surface area contributed by atoms with Crippen molar-refractivity contribution in [1.82, 2.24) is 9.97 Å². The standard InChI is InChI=1S/C14H17N3O/c1-11-4-3-5-12(6-11)9-17(2)14-8-15-7-13(10-18)16-14/h3-8,18H,9-10H2,1-2H3. The van der Waals surface area contributed by atoms with Crippen LogP contribution in [0.2, 0.25) is 0 Å². The van der Waals surface area contributed by atoms with Crippen molar-refractivity contribution in [1.29, 1.82) is 0 Å². The molecule has 0 saturated carbocycles. The molecule has 94 valence electrons. The van der Waals surface area contributed by atoms with E-state index in [9.17, 15) is 0 Å². The topological polar surface area (TPSA) is 49.2 Å². The van der Waals surface area contributed by atoms with Gasteiger partial charge in [0.15, 0.2) is 0 Å². The molecule has 0 amide bonds. The Kier molecular flexibility index (Phi) is 3.89. The van der Waals surface area contributed by atoms with Gasteiger partial charge >= 0.3 is 0 Å². The molecule has 4 nitrogen and oxygen atoms in total. The number of aliphatic hydroxyl groups is 1. The van der Waals surface area contributed by atoms with Crippen LogP contribution >= 0.6 is 0 Å². The summed E-state index contributed by atoms with van der Waals surface area (Å²) < 4.78 is 0. The van der Waals surface area contributed by atoms with Gasteiger partial charge in [-0.1, -0.05) is 29.8 Å². The smallest absolute Gasteiger partial charge is 0.147 e. The van der Waals surface area contributed by atoms with Gasteiger partial charge in [-0.15, -0.1) is 0 Å². The van der Waals surface area contributed by atoms with Crippen LogP contribution in [0.25, 0.3) is 0 Å². The second-order valence-electron chi connectivity index (χ2n) is 4.37. The van der Waals surface area contributed by atoms with E-state index in [1.165, 1.54) is 11.1 Å². The van der Waals surface area contributed by atoms with E-state index >= 15 is 0 Å². The molecule has 0 bridgehead atoms. The third-order valence-corrected chi connectivity index (χ3v) is 2.73.